The predicted molar refractivity (Wildman–Crippen MR) is 112 cm³/mol. The second-order valence-electron chi connectivity index (χ2n) is 10.2. The van der Waals surface area contributed by atoms with Crippen LogP contribution >= 0.6 is 0 Å². The van der Waals surface area contributed by atoms with Gasteiger partial charge in [0.15, 0.2) is 11.5 Å². The summed E-state index contributed by atoms with van der Waals surface area (Å²) in [7, 11) is 1.72. The minimum absolute atomic E-state index is 0.0999. The SMILES string of the molecule is CCC(=O)[C@@]1(O)[C@H](C)C[C@H]2[C@@H]3CCC4=CC(=NC)C=C[C@]4(C)[C@@]3(F)[C@@H](O)C[C@@]21C. The number of rotatable bonds is 2. The first-order chi connectivity index (χ1) is 13.5. The van der Waals surface area contributed by atoms with E-state index >= 15 is 4.39 Å². The van der Waals surface area contributed by atoms with Gasteiger partial charge in [0.2, 0.25) is 0 Å². The van der Waals surface area contributed by atoms with Crippen LogP contribution in [0.4, 0.5) is 4.39 Å². The lowest BCUT2D eigenvalue weighted by atomic mass is 9.44. The molecule has 3 fully saturated rings. The molecule has 0 heterocycles. The van der Waals surface area contributed by atoms with Gasteiger partial charge in [-0.25, -0.2) is 4.39 Å². The molecule has 0 aromatic carbocycles. The van der Waals surface area contributed by atoms with E-state index in [1.54, 1.807) is 14.0 Å². The molecule has 3 saturated carbocycles. The van der Waals surface area contributed by atoms with Crippen LogP contribution in [0.5, 0.6) is 0 Å². The van der Waals surface area contributed by atoms with Gasteiger partial charge in [0.1, 0.15) is 5.60 Å². The number of hydrogen-bond acceptors (Lipinski definition) is 4. The number of aliphatic hydroxyl groups is 2. The van der Waals surface area contributed by atoms with Crippen molar-refractivity contribution in [2.24, 2.45) is 33.6 Å². The fourth-order valence-corrected chi connectivity index (χ4v) is 7.56. The van der Waals surface area contributed by atoms with Gasteiger partial charge in [-0.15, -0.1) is 0 Å². The number of carbonyl (C=O) groups excluding carboxylic acids is 1. The first-order valence-corrected chi connectivity index (χ1v) is 11.0. The third kappa shape index (κ3) is 2.26. The number of alkyl halides is 1. The molecule has 0 amide bonds. The van der Waals surface area contributed by atoms with Crippen molar-refractivity contribution in [3.8, 4) is 0 Å². The summed E-state index contributed by atoms with van der Waals surface area (Å²) in [6.07, 6.45) is 6.77. The van der Waals surface area contributed by atoms with Crippen molar-refractivity contribution in [1.82, 2.24) is 0 Å². The molecule has 4 nitrogen and oxygen atoms in total. The van der Waals surface area contributed by atoms with Crippen LogP contribution in [-0.2, 0) is 4.79 Å². The molecule has 0 radical (unpaired) electrons. The maximum Gasteiger partial charge on any atom is 0.164 e. The third-order valence-corrected chi connectivity index (χ3v) is 9.24. The molecule has 160 valence electrons. The molecule has 2 N–H and O–H groups in total. The number of ketones is 1. The van der Waals surface area contributed by atoms with Gasteiger partial charge >= 0.3 is 0 Å². The number of halogens is 1. The molecule has 5 heteroatoms. The Labute approximate surface area is 173 Å². The highest BCUT2D eigenvalue weighted by Gasteiger charge is 2.75. The van der Waals surface area contributed by atoms with Gasteiger partial charge < -0.3 is 10.2 Å². The summed E-state index contributed by atoms with van der Waals surface area (Å²) >= 11 is 0. The number of nitrogens with zero attached hydrogens (tertiary/aromatic N) is 1. The van der Waals surface area contributed by atoms with Crippen molar-refractivity contribution in [1.29, 1.82) is 0 Å². The number of allylic oxidation sites excluding steroid dienone is 4. The quantitative estimate of drug-likeness (QED) is 0.736. The molecule has 4 aliphatic carbocycles. The Morgan fingerprint density at radius 2 is 2.03 bits per heavy atom. The minimum atomic E-state index is -1.82. The Bertz CT molecular complexity index is 834. The van der Waals surface area contributed by atoms with Gasteiger partial charge in [-0.05, 0) is 56.6 Å². The van der Waals surface area contributed by atoms with E-state index in [0.29, 0.717) is 12.8 Å². The lowest BCUT2D eigenvalue weighted by Crippen LogP contribution is -2.69. The highest BCUT2D eigenvalue weighted by Crippen LogP contribution is 2.70. The first kappa shape index (κ1) is 20.9. The van der Waals surface area contributed by atoms with Gasteiger partial charge in [-0.2, -0.15) is 0 Å². The lowest BCUT2D eigenvalue weighted by Gasteiger charge is -2.62. The molecule has 0 bridgehead atoms. The Balaban J connectivity index is 1.83. The van der Waals surface area contributed by atoms with E-state index in [1.807, 2.05) is 39.0 Å². The summed E-state index contributed by atoms with van der Waals surface area (Å²) in [6, 6.07) is 0. The summed E-state index contributed by atoms with van der Waals surface area (Å²) in [5.74, 6) is -0.966. The van der Waals surface area contributed by atoms with Crippen molar-refractivity contribution >= 4 is 11.5 Å². The van der Waals surface area contributed by atoms with Crippen molar-refractivity contribution in [2.75, 3.05) is 7.05 Å². The van der Waals surface area contributed by atoms with E-state index in [1.165, 1.54) is 0 Å². The zero-order valence-electron chi connectivity index (χ0n) is 18.2. The number of aliphatic hydroxyl groups excluding tert-OH is 1. The second-order valence-corrected chi connectivity index (χ2v) is 10.2. The van der Waals surface area contributed by atoms with Crippen LogP contribution in [0.15, 0.2) is 28.8 Å². The van der Waals surface area contributed by atoms with Gasteiger partial charge in [0, 0.05) is 30.2 Å². The number of carbonyl (C=O) groups is 1. The zero-order chi connectivity index (χ0) is 21.4. The highest BCUT2D eigenvalue weighted by molar-refractivity contribution is 6.05. The van der Waals surface area contributed by atoms with Crippen molar-refractivity contribution in [3.05, 3.63) is 23.8 Å². The van der Waals surface area contributed by atoms with Gasteiger partial charge in [0.05, 0.1) is 11.8 Å². The maximum atomic E-state index is 17.1. The Morgan fingerprint density at radius 1 is 1.34 bits per heavy atom. The van der Waals surface area contributed by atoms with E-state index in [2.05, 4.69) is 4.99 Å². The molecular formula is C24H34FNO3. The molecule has 8 atom stereocenters. The number of Topliss-reactive ketones (excluding diaryl/α,β-unsaturated/α-hetero) is 1. The number of fused-ring (bicyclic) bond motifs is 5. The molecular weight excluding hydrogens is 369 g/mol. The molecule has 0 unspecified atom stereocenters. The fraction of sp³-hybridized carbons (Fsp3) is 0.750. The maximum absolute atomic E-state index is 17.1. The normalized spacial score (nSPS) is 52.6. The number of hydrogen-bond donors (Lipinski definition) is 2. The largest absolute Gasteiger partial charge is 0.390 e. The van der Waals surface area contributed by atoms with Crippen LogP contribution in [0.2, 0.25) is 0 Å². The summed E-state index contributed by atoms with van der Waals surface area (Å²) in [5.41, 5.74) is -3.23. The van der Waals surface area contributed by atoms with Crippen molar-refractivity contribution in [3.63, 3.8) is 0 Å². The average Bonchev–Trinajstić information content (AvgIpc) is 2.89. The third-order valence-electron chi connectivity index (χ3n) is 9.24. The Hall–Kier alpha value is -1.33. The number of aliphatic imine (C=N–C) groups is 1. The molecule has 4 rings (SSSR count). The van der Waals surface area contributed by atoms with Crippen molar-refractivity contribution < 1.29 is 19.4 Å². The summed E-state index contributed by atoms with van der Waals surface area (Å²) in [6.45, 7) is 7.47. The summed E-state index contributed by atoms with van der Waals surface area (Å²) in [5, 5.41) is 22.9. The minimum Gasteiger partial charge on any atom is -0.390 e. The molecule has 0 saturated heterocycles. The Morgan fingerprint density at radius 3 is 2.66 bits per heavy atom. The van der Waals surface area contributed by atoms with Gasteiger partial charge in [-0.1, -0.05) is 32.4 Å². The van der Waals surface area contributed by atoms with Gasteiger partial charge in [0.25, 0.3) is 0 Å². The molecule has 0 aromatic heterocycles. The van der Waals surface area contributed by atoms with Crippen LogP contribution < -0.4 is 0 Å². The van der Waals surface area contributed by atoms with Crippen LogP contribution in [-0.4, -0.2) is 46.1 Å². The Kier molecular flexibility index (Phi) is 4.57. The molecule has 0 spiro atoms. The highest BCUT2D eigenvalue weighted by atomic mass is 19.1. The van der Waals surface area contributed by atoms with Gasteiger partial charge in [-0.3, -0.25) is 9.79 Å². The average molecular weight is 404 g/mol. The van der Waals surface area contributed by atoms with Crippen molar-refractivity contribution in [2.45, 2.75) is 77.2 Å². The van der Waals surface area contributed by atoms with E-state index in [-0.39, 0.29) is 30.5 Å². The zero-order valence-corrected chi connectivity index (χ0v) is 18.2. The van der Waals surface area contributed by atoms with Crippen LogP contribution in [0.25, 0.3) is 0 Å². The topological polar surface area (TPSA) is 69.9 Å². The first-order valence-electron chi connectivity index (χ1n) is 11.0. The fourth-order valence-electron chi connectivity index (χ4n) is 7.56. The van der Waals surface area contributed by atoms with E-state index in [0.717, 1.165) is 17.7 Å². The monoisotopic (exact) mass is 403 g/mol. The molecule has 29 heavy (non-hydrogen) atoms. The molecule has 4 aliphatic rings. The van der Waals surface area contributed by atoms with E-state index < -0.39 is 34.1 Å². The molecule has 0 aromatic rings. The van der Waals surface area contributed by atoms with Crippen LogP contribution in [0.1, 0.15) is 59.8 Å². The smallest absolute Gasteiger partial charge is 0.164 e. The predicted octanol–water partition coefficient (Wildman–Crippen LogP) is 3.82. The standard InChI is InChI=1S/C24H34FNO3/c1-6-19(27)24(29)14(2)11-18-17-8-7-15-12-16(26-5)9-10-21(15,3)23(17,25)20(28)13-22(18,24)4/h9-10,12,14,17-18,20,28-29H,6-8,11,13H2,1-5H3/t14-,17+,18+,20+,21+,22+,23+,24+/m1/s1. The lowest BCUT2D eigenvalue weighted by molar-refractivity contribution is -0.218. The second kappa shape index (κ2) is 6.34. The van der Waals surface area contributed by atoms with E-state index in [9.17, 15) is 15.0 Å². The van der Waals surface area contributed by atoms with Crippen LogP contribution in [0.3, 0.4) is 0 Å². The molecule has 0 aliphatic heterocycles. The summed E-state index contributed by atoms with van der Waals surface area (Å²) < 4.78 is 17.1. The summed E-state index contributed by atoms with van der Waals surface area (Å²) in [4.78, 5) is 17.1. The van der Waals surface area contributed by atoms with E-state index in [4.69, 9.17) is 0 Å². The van der Waals surface area contributed by atoms with Crippen LogP contribution in [0, 0.1) is 28.6 Å².